The zero-order valence-corrected chi connectivity index (χ0v) is 14.6. The molecule has 0 spiro atoms. The number of amides is 1. The maximum absolute atomic E-state index is 12.3. The van der Waals surface area contributed by atoms with Crippen LogP contribution in [0, 0.1) is 0 Å². The van der Waals surface area contributed by atoms with Crippen LogP contribution in [0.2, 0.25) is 0 Å². The quantitative estimate of drug-likeness (QED) is 0.705. The van der Waals surface area contributed by atoms with E-state index < -0.39 is 0 Å². The van der Waals surface area contributed by atoms with E-state index in [1.807, 2.05) is 29.2 Å². The maximum Gasteiger partial charge on any atom is 0.227 e. The molecule has 6 nitrogen and oxygen atoms in total. The lowest BCUT2D eigenvalue weighted by Crippen LogP contribution is -2.32. The van der Waals surface area contributed by atoms with Crippen molar-refractivity contribution >= 4 is 5.91 Å². The molecule has 1 amide bonds. The summed E-state index contributed by atoms with van der Waals surface area (Å²) in [4.78, 5) is 18.5. The summed E-state index contributed by atoms with van der Waals surface area (Å²) in [6, 6.07) is 7.45. The van der Waals surface area contributed by atoms with E-state index in [4.69, 9.17) is 9.26 Å². The van der Waals surface area contributed by atoms with Crippen LogP contribution in [0.5, 0.6) is 5.75 Å². The van der Waals surface area contributed by atoms with Crippen molar-refractivity contribution in [3.63, 3.8) is 0 Å². The van der Waals surface area contributed by atoms with E-state index in [2.05, 4.69) is 24.0 Å². The Kier molecular flexibility index (Phi) is 6.78. The molecule has 0 aliphatic carbocycles. The fraction of sp³-hybridized carbons (Fsp3) is 0.500. The summed E-state index contributed by atoms with van der Waals surface area (Å²) in [5.74, 6) is 1.93. The van der Waals surface area contributed by atoms with Gasteiger partial charge in [-0.25, -0.2) is 0 Å². The van der Waals surface area contributed by atoms with Gasteiger partial charge in [-0.3, -0.25) is 4.79 Å². The first kappa shape index (κ1) is 18.0. The average molecular weight is 331 g/mol. The highest BCUT2D eigenvalue weighted by molar-refractivity contribution is 5.76. The van der Waals surface area contributed by atoms with Crippen LogP contribution in [0.3, 0.4) is 0 Å². The van der Waals surface area contributed by atoms with E-state index >= 15 is 0 Å². The van der Waals surface area contributed by atoms with Crippen LogP contribution in [0.25, 0.3) is 11.4 Å². The van der Waals surface area contributed by atoms with Crippen molar-refractivity contribution in [3.05, 3.63) is 30.2 Å². The largest absolute Gasteiger partial charge is 0.497 e. The number of ether oxygens (including phenoxy) is 1. The molecule has 1 aromatic heterocycles. The lowest BCUT2D eigenvalue weighted by molar-refractivity contribution is -0.131. The number of methoxy groups -OCH3 is 1. The molecule has 0 atom stereocenters. The molecule has 6 heteroatoms. The molecule has 1 heterocycles. The molecule has 0 N–H and O–H groups in total. The molecule has 1 aromatic carbocycles. The van der Waals surface area contributed by atoms with E-state index in [1.165, 1.54) is 0 Å². The molecule has 2 rings (SSSR count). The zero-order valence-electron chi connectivity index (χ0n) is 14.6. The van der Waals surface area contributed by atoms with Gasteiger partial charge < -0.3 is 14.2 Å². The number of rotatable bonds is 9. The number of carbonyl (C=O) groups is 1. The highest BCUT2D eigenvalue weighted by Crippen LogP contribution is 2.20. The SMILES string of the molecule is CCCN(CCC)C(=O)CCc1nc(-c2ccc(OC)cc2)no1. The Morgan fingerprint density at radius 3 is 2.42 bits per heavy atom. The van der Waals surface area contributed by atoms with Gasteiger partial charge in [0.2, 0.25) is 17.6 Å². The van der Waals surface area contributed by atoms with Gasteiger partial charge in [0.05, 0.1) is 7.11 Å². The number of hydrogen-bond donors (Lipinski definition) is 0. The van der Waals surface area contributed by atoms with E-state index in [0.29, 0.717) is 24.6 Å². The molecular formula is C18H25N3O3. The van der Waals surface area contributed by atoms with Crippen molar-refractivity contribution in [1.82, 2.24) is 15.0 Å². The van der Waals surface area contributed by atoms with Crippen molar-refractivity contribution in [2.75, 3.05) is 20.2 Å². The normalized spacial score (nSPS) is 10.6. The standard InChI is InChI=1S/C18H25N3O3/c1-4-12-21(13-5-2)17(22)11-10-16-19-18(20-24-16)14-6-8-15(23-3)9-7-14/h6-9H,4-5,10-13H2,1-3H3. The second-order valence-electron chi connectivity index (χ2n) is 5.62. The Morgan fingerprint density at radius 1 is 1.17 bits per heavy atom. The molecule has 24 heavy (non-hydrogen) atoms. The summed E-state index contributed by atoms with van der Waals surface area (Å²) in [5.41, 5.74) is 0.857. The van der Waals surface area contributed by atoms with Gasteiger partial charge in [0.15, 0.2) is 0 Å². The summed E-state index contributed by atoms with van der Waals surface area (Å²) in [6.07, 6.45) is 2.79. The fourth-order valence-electron chi connectivity index (χ4n) is 2.49. The van der Waals surface area contributed by atoms with Crippen molar-refractivity contribution in [2.45, 2.75) is 39.5 Å². The van der Waals surface area contributed by atoms with Crippen LogP contribution >= 0.6 is 0 Å². The van der Waals surface area contributed by atoms with Gasteiger partial charge in [0.25, 0.3) is 0 Å². The van der Waals surface area contributed by atoms with Crippen LogP contribution in [0.15, 0.2) is 28.8 Å². The van der Waals surface area contributed by atoms with Gasteiger partial charge in [-0.2, -0.15) is 4.98 Å². The third-order valence-corrected chi connectivity index (χ3v) is 3.71. The minimum absolute atomic E-state index is 0.142. The molecule has 0 aliphatic heterocycles. The number of benzene rings is 1. The molecule has 2 aromatic rings. The Balaban J connectivity index is 1.94. The number of aryl methyl sites for hydroxylation is 1. The lowest BCUT2D eigenvalue weighted by Gasteiger charge is -2.20. The molecule has 0 radical (unpaired) electrons. The first-order valence-electron chi connectivity index (χ1n) is 8.42. The summed E-state index contributed by atoms with van der Waals surface area (Å²) in [6.45, 7) is 5.76. The summed E-state index contributed by atoms with van der Waals surface area (Å²) >= 11 is 0. The van der Waals surface area contributed by atoms with Crippen molar-refractivity contribution in [2.24, 2.45) is 0 Å². The predicted octanol–water partition coefficient (Wildman–Crippen LogP) is 3.33. The van der Waals surface area contributed by atoms with E-state index in [9.17, 15) is 4.79 Å². The molecule has 130 valence electrons. The molecular weight excluding hydrogens is 306 g/mol. The van der Waals surface area contributed by atoms with Crippen LogP contribution < -0.4 is 4.74 Å². The molecule has 0 unspecified atom stereocenters. The first-order chi connectivity index (χ1) is 11.7. The maximum atomic E-state index is 12.3. The summed E-state index contributed by atoms with van der Waals surface area (Å²) in [7, 11) is 1.62. The Morgan fingerprint density at radius 2 is 1.83 bits per heavy atom. The molecule has 0 bridgehead atoms. The monoisotopic (exact) mass is 331 g/mol. The fourth-order valence-corrected chi connectivity index (χ4v) is 2.49. The third kappa shape index (κ3) is 4.81. The smallest absolute Gasteiger partial charge is 0.227 e. The number of carbonyl (C=O) groups excluding carboxylic acids is 1. The van der Waals surface area contributed by atoms with Crippen LogP contribution in [0.4, 0.5) is 0 Å². The van der Waals surface area contributed by atoms with Crippen LogP contribution in [-0.4, -0.2) is 41.1 Å². The van der Waals surface area contributed by atoms with Crippen LogP contribution in [0.1, 0.15) is 39.0 Å². The summed E-state index contributed by atoms with van der Waals surface area (Å²) in [5, 5.41) is 3.99. The van der Waals surface area contributed by atoms with Gasteiger partial charge in [-0.05, 0) is 37.1 Å². The van der Waals surface area contributed by atoms with E-state index in [-0.39, 0.29) is 5.91 Å². The minimum Gasteiger partial charge on any atom is -0.497 e. The molecule has 0 saturated heterocycles. The molecule has 0 aliphatic rings. The van der Waals surface area contributed by atoms with Crippen molar-refractivity contribution in [1.29, 1.82) is 0 Å². The van der Waals surface area contributed by atoms with Crippen molar-refractivity contribution in [3.8, 4) is 17.1 Å². The summed E-state index contributed by atoms with van der Waals surface area (Å²) < 4.78 is 10.4. The lowest BCUT2D eigenvalue weighted by atomic mass is 10.2. The Labute approximate surface area is 142 Å². The second-order valence-corrected chi connectivity index (χ2v) is 5.62. The number of nitrogens with zero attached hydrogens (tertiary/aromatic N) is 3. The molecule has 0 saturated carbocycles. The van der Waals surface area contributed by atoms with E-state index in [1.54, 1.807) is 7.11 Å². The predicted molar refractivity (Wildman–Crippen MR) is 91.8 cm³/mol. The van der Waals surface area contributed by atoms with E-state index in [0.717, 1.165) is 37.2 Å². The number of aromatic nitrogens is 2. The Hall–Kier alpha value is -2.37. The van der Waals surface area contributed by atoms with Gasteiger partial charge in [-0.15, -0.1) is 0 Å². The van der Waals surface area contributed by atoms with Gasteiger partial charge in [0, 0.05) is 31.5 Å². The van der Waals surface area contributed by atoms with Crippen molar-refractivity contribution < 1.29 is 14.1 Å². The number of hydrogen-bond acceptors (Lipinski definition) is 5. The topological polar surface area (TPSA) is 68.5 Å². The third-order valence-electron chi connectivity index (χ3n) is 3.71. The molecule has 0 fully saturated rings. The Bertz CT molecular complexity index is 631. The average Bonchev–Trinajstić information content (AvgIpc) is 3.08. The highest BCUT2D eigenvalue weighted by atomic mass is 16.5. The van der Waals surface area contributed by atoms with Gasteiger partial charge in [-0.1, -0.05) is 19.0 Å². The van der Waals surface area contributed by atoms with Crippen LogP contribution in [-0.2, 0) is 11.2 Å². The minimum atomic E-state index is 0.142. The highest BCUT2D eigenvalue weighted by Gasteiger charge is 2.15. The van der Waals surface area contributed by atoms with Gasteiger partial charge >= 0.3 is 0 Å². The van der Waals surface area contributed by atoms with Gasteiger partial charge in [0.1, 0.15) is 5.75 Å². The first-order valence-corrected chi connectivity index (χ1v) is 8.42. The second kappa shape index (κ2) is 9.05. The zero-order chi connectivity index (χ0) is 17.4.